The molecule has 0 bridgehead atoms. The number of nitrogens with zero attached hydrogens (tertiary/aromatic N) is 1. The summed E-state index contributed by atoms with van der Waals surface area (Å²) >= 11 is 0. The van der Waals surface area contributed by atoms with E-state index < -0.39 is 0 Å². The highest BCUT2D eigenvalue weighted by Crippen LogP contribution is 2.27. The number of aryl methyl sites for hydroxylation is 1. The van der Waals surface area contributed by atoms with E-state index in [-0.39, 0.29) is 0 Å². The molecule has 1 aromatic carbocycles. The third kappa shape index (κ3) is 3.30. The summed E-state index contributed by atoms with van der Waals surface area (Å²) in [6, 6.07) is 8.38. The summed E-state index contributed by atoms with van der Waals surface area (Å²) in [7, 11) is 0. The van der Waals surface area contributed by atoms with Gasteiger partial charge in [-0.1, -0.05) is 25.1 Å². The maximum Gasteiger partial charge on any atom is 0.134 e. The lowest BCUT2D eigenvalue weighted by Crippen LogP contribution is -2.38. The van der Waals surface area contributed by atoms with Gasteiger partial charge in [0.1, 0.15) is 11.3 Å². The number of hydrogen-bond donors (Lipinski definition) is 1. The molecule has 114 valence electrons. The lowest BCUT2D eigenvalue weighted by Gasteiger charge is -2.29. The third-order valence-electron chi connectivity index (χ3n) is 4.64. The van der Waals surface area contributed by atoms with Crippen LogP contribution in [0, 0.1) is 12.8 Å². The molecule has 1 saturated heterocycles. The van der Waals surface area contributed by atoms with Crippen LogP contribution in [0.3, 0.4) is 0 Å². The molecule has 1 aliphatic rings. The van der Waals surface area contributed by atoms with Crippen molar-refractivity contribution in [3.63, 3.8) is 0 Å². The van der Waals surface area contributed by atoms with Gasteiger partial charge in [0.15, 0.2) is 0 Å². The molecular formula is C18H26N2O. The largest absolute Gasteiger partial charge is 0.461 e. The zero-order valence-corrected chi connectivity index (χ0v) is 13.2. The second-order valence-electron chi connectivity index (χ2n) is 6.17. The van der Waals surface area contributed by atoms with Gasteiger partial charge in [-0.15, -0.1) is 0 Å². The summed E-state index contributed by atoms with van der Waals surface area (Å²) in [5.41, 5.74) is 2.37. The number of para-hydroxylation sites is 1. The first kappa shape index (κ1) is 14.6. The van der Waals surface area contributed by atoms with Gasteiger partial charge in [-0.3, -0.25) is 4.90 Å². The highest BCUT2D eigenvalue weighted by molar-refractivity contribution is 5.82. The number of rotatable bonds is 5. The van der Waals surface area contributed by atoms with Gasteiger partial charge in [0, 0.05) is 24.0 Å². The van der Waals surface area contributed by atoms with E-state index in [1.165, 1.54) is 43.4 Å². The van der Waals surface area contributed by atoms with Crippen LogP contribution in [0.2, 0.25) is 0 Å². The fourth-order valence-corrected chi connectivity index (χ4v) is 3.39. The number of hydrogen-bond acceptors (Lipinski definition) is 3. The maximum absolute atomic E-state index is 5.90. The SMILES string of the molecule is CCN(Cc1c(C)oc2ccccc12)CC1CCCNC1. The minimum Gasteiger partial charge on any atom is -0.461 e. The Morgan fingerprint density at radius 3 is 2.95 bits per heavy atom. The first-order valence-corrected chi connectivity index (χ1v) is 8.18. The van der Waals surface area contributed by atoms with E-state index in [1.54, 1.807) is 0 Å². The van der Waals surface area contributed by atoms with Crippen molar-refractivity contribution in [2.24, 2.45) is 5.92 Å². The molecule has 1 atom stereocenters. The topological polar surface area (TPSA) is 28.4 Å². The van der Waals surface area contributed by atoms with Gasteiger partial charge in [0.25, 0.3) is 0 Å². The summed E-state index contributed by atoms with van der Waals surface area (Å²) in [6.45, 7) is 9.97. The fourth-order valence-electron chi connectivity index (χ4n) is 3.39. The molecule has 1 unspecified atom stereocenters. The quantitative estimate of drug-likeness (QED) is 0.911. The van der Waals surface area contributed by atoms with Crippen LogP contribution in [0.25, 0.3) is 11.0 Å². The second kappa shape index (κ2) is 6.63. The van der Waals surface area contributed by atoms with Crippen molar-refractivity contribution in [1.82, 2.24) is 10.2 Å². The Morgan fingerprint density at radius 2 is 2.19 bits per heavy atom. The Bertz CT molecular complexity index is 584. The highest BCUT2D eigenvalue weighted by Gasteiger charge is 2.18. The third-order valence-corrected chi connectivity index (χ3v) is 4.64. The molecule has 21 heavy (non-hydrogen) atoms. The first-order chi connectivity index (χ1) is 10.3. The first-order valence-electron chi connectivity index (χ1n) is 8.18. The Kier molecular flexibility index (Phi) is 4.61. The van der Waals surface area contributed by atoms with Crippen molar-refractivity contribution in [3.8, 4) is 0 Å². The summed E-state index contributed by atoms with van der Waals surface area (Å²) in [5.74, 6) is 1.86. The second-order valence-corrected chi connectivity index (χ2v) is 6.17. The van der Waals surface area contributed by atoms with Crippen LogP contribution in [0.1, 0.15) is 31.1 Å². The predicted octanol–water partition coefficient (Wildman–Crippen LogP) is 3.56. The maximum atomic E-state index is 5.90. The Balaban J connectivity index is 1.74. The summed E-state index contributed by atoms with van der Waals surface area (Å²) in [5, 5.41) is 4.79. The van der Waals surface area contributed by atoms with E-state index in [2.05, 4.69) is 42.3 Å². The van der Waals surface area contributed by atoms with Gasteiger partial charge in [-0.25, -0.2) is 0 Å². The number of furan rings is 1. The van der Waals surface area contributed by atoms with Crippen molar-refractivity contribution in [1.29, 1.82) is 0 Å². The average Bonchev–Trinajstić information content (AvgIpc) is 2.83. The van der Waals surface area contributed by atoms with Crippen molar-refractivity contribution < 1.29 is 4.42 Å². The molecule has 1 fully saturated rings. The number of piperidine rings is 1. The molecule has 2 heterocycles. The monoisotopic (exact) mass is 286 g/mol. The van der Waals surface area contributed by atoms with Crippen LogP contribution in [0.15, 0.2) is 28.7 Å². The normalized spacial score (nSPS) is 19.5. The van der Waals surface area contributed by atoms with E-state index in [1.807, 2.05) is 6.07 Å². The molecule has 0 amide bonds. The molecule has 3 heteroatoms. The Hall–Kier alpha value is -1.32. The van der Waals surface area contributed by atoms with Gasteiger partial charge >= 0.3 is 0 Å². The minimum atomic E-state index is 0.789. The lowest BCUT2D eigenvalue weighted by atomic mass is 9.98. The molecule has 0 radical (unpaired) electrons. The van der Waals surface area contributed by atoms with E-state index in [0.717, 1.165) is 30.4 Å². The van der Waals surface area contributed by atoms with E-state index in [4.69, 9.17) is 4.42 Å². The van der Waals surface area contributed by atoms with Crippen LogP contribution >= 0.6 is 0 Å². The molecule has 1 N–H and O–H groups in total. The highest BCUT2D eigenvalue weighted by atomic mass is 16.3. The standard InChI is InChI=1S/C18H26N2O/c1-3-20(12-15-7-6-10-19-11-15)13-17-14(2)21-18-9-5-4-8-16(17)18/h4-5,8-9,15,19H,3,6-7,10-13H2,1-2H3. The fraction of sp³-hybridized carbons (Fsp3) is 0.556. The van der Waals surface area contributed by atoms with E-state index >= 15 is 0 Å². The van der Waals surface area contributed by atoms with Crippen molar-refractivity contribution in [3.05, 3.63) is 35.6 Å². The summed E-state index contributed by atoms with van der Waals surface area (Å²) in [4.78, 5) is 2.56. The molecule has 1 aliphatic heterocycles. The van der Waals surface area contributed by atoms with Gasteiger partial charge < -0.3 is 9.73 Å². The van der Waals surface area contributed by atoms with Crippen LogP contribution in [0.4, 0.5) is 0 Å². The zero-order chi connectivity index (χ0) is 14.7. The Labute approximate surface area is 127 Å². The predicted molar refractivity (Wildman–Crippen MR) is 87.5 cm³/mol. The van der Waals surface area contributed by atoms with E-state index in [9.17, 15) is 0 Å². The summed E-state index contributed by atoms with van der Waals surface area (Å²) < 4.78 is 5.90. The number of nitrogens with one attached hydrogen (secondary N) is 1. The summed E-state index contributed by atoms with van der Waals surface area (Å²) in [6.07, 6.45) is 2.67. The van der Waals surface area contributed by atoms with Gasteiger partial charge in [0.2, 0.25) is 0 Å². The molecule has 3 nitrogen and oxygen atoms in total. The van der Waals surface area contributed by atoms with Crippen LogP contribution in [0.5, 0.6) is 0 Å². The van der Waals surface area contributed by atoms with Crippen molar-refractivity contribution >= 4 is 11.0 Å². The molecule has 3 rings (SSSR count). The van der Waals surface area contributed by atoms with E-state index in [0.29, 0.717) is 0 Å². The number of fused-ring (bicyclic) bond motifs is 1. The lowest BCUT2D eigenvalue weighted by molar-refractivity contribution is 0.209. The van der Waals surface area contributed by atoms with Gasteiger partial charge in [0.05, 0.1) is 0 Å². The van der Waals surface area contributed by atoms with Crippen LogP contribution < -0.4 is 5.32 Å². The van der Waals surface area contributed by atoms with Gasteiger partial charge in [-0.05, 0) is 51.4 Å². The Morgan fingerprint density at radius 1 is 1.33 bits per heavy atom. The van der Waals surface area contributed by atoms with Crippen molar-refractivity contribution in [2.45, 2.75) is 33.2 Å². The molecule has 0 saturated carbocycles. The molecule has 0 spiro atoms. The molecule has 1 aromatic heterocycles. The minimum absolute atomic E-state index is 0.789. The molecule has 2 aromatic rings. The van der Waals surface area contributed by atoms with Crippen LogP contribution in [-0.4, -0.2) is 31.1 Å². The zero-order valence-electron chi connectivity index (χ0n) is 13.2. The van der Waals surface area contributed by atoms with Gasteiger partial charge in [-0.2, -0.15) is 0 Å². The number of benzene rings is 1. The van der Waals surface area contributed by atoms with Crippen molar-refractivity contribution in [2.75, 3.05) is 26.2 Å². The average molecular weight is 286 g/mol. The van der Waals surface area contributed by atoms with Crippen LogP contribution in [-0.2, 0) is 6.54 Å². The molecular weight excluding hydrogens is 260 g/mol. The smallest absolute Gasteiger partial charge is 0.134 e. The molecule has 0 aliphatic carbocycles.